The molecule has 0 atom stereocenters. The largest absolute Gasteiger partial charge is 0.496 e. The third kappa shape index (κ3) is 3.11. The first kappa shape index (κ1) is 16.0. The molecule has 2 heterocycles. The lowest BCUT2D eigenvalue weighted by atomic mass is 9.97. The minimum atomic E-state index is 0.288. The molecule has 2 aliphatic rings. The van der Waals surface area contributed by atoms with Gasteiger partial charge in [0.2, 0.25) is 0 Å². The Kier molecular flexibility index (Phi) is 4.68. The second-order valence-electron chi connectivity index (χ2n) is 6.26. The number of benzene rings is 1. The van der Waals surface area contributed by atoms with Crippen molar-refractivity contribution in [2.24, 2.45) is 11.1 Å². The highest BCUT2D eigenvalue weighted by Gasteiger charge is 2.31. The van der Waals surface area contributed by atoms with Gasteiger partial charge in [-0.15, -0.1) is 4.91 Å². The molecule has 23 heavy (non-hydrogen) atoms. The summed E-state index contributed by atoms with van der Waals surface area (Å²) in [6.45, 7) is 8.43. The SMILES string of the molecule is COc1cc(N2CC(CN3CCOCC3)C2)c(N)c(N=O)c1C. The highest BCUT2D eigenvalue weighted by molar-refractivity contribution is 5.84. The Morgan fingerprint density at radius 2 is 2.09 bits per heavy atom. The third-order valence-corrected chi connectivity index (χ3v) is 4.75. The van der Waals surface area contributed by atoms with Crippen LogP contribution in [0.2, 0.25) is 0 Å². The van der Waals surface area contributed by atoms with Gasteiger partial charge in [0, 0.05) is 50.3 Å². The molecule has 0 saturated carbocycles. The van der Waals surface area contributed by atoms with Gasteiger partial charge in [-0.1, -0.05) is 0 Å². The molecule has 2 saturated heterocycles. The van der Waals surface area contributed by atoms with Crippen molar-refractivity contribution in [3.05, 3.63) is 16.5 Å². The molecule has 126 valence electrons. The van der Waals surface area contributed by atoms with Gasteiger partial charge in [-0.2, -0.15) is 0 Å². The lowest BCUT2D eigenvalue weighted by molar-refractivity contribution is 0.0286. The van der Waals surface area contributed by atoms with E-state index in [4.69, 9.17) is 15.2 Å². The van der Waals surface area contributed by atoms with E-state index in [1.807, 2.05) is 6.07 Å². The monoisotopic (exact) mass is 320 g/mol. The van der Waals surface area contributed by atoms with Crippen molar-refractivity contribution in [3.63, 3.8) is 0 Å². The quantitative estimate of drug-likeness (QED) is 0.657. The molecule has 0 spiro atoms. The van der Waals surface area contributed by atoms with E-state index < -0.39 is 0 Å². The molecule has 0 bridgehead atoms. The van der Waals surface area contributed by atoms with Crippen LogP contribution in [0, 0.1) is 17.7 Å². The maximum Gasteiger partial charge on any atom is 0.139 e. The maximum atomic E-state index is 11.1. The summed E-state index contributed by atoms with van der Waals surface area (Å²) >= 11 is 0. The van der Waals surface area contributed by atoms with Gasteiger partial charge < -0.3 is 20.1 Å². The van der Waals surface area contributed by atoms with E-state index in [1.165, 1.54) is 0 Å². The van der Waals surface area contributed by atoms with E-state index in [-0.39, 0.29) is 5.69 Å². The normalized spacial score (nSPS) is 19.5. The van der Waals surface area contributed by atoms with Crippen LogP contribution in [0.1, 0.15) is 5.56 Å². The fraction of sp³-hybridized carbons (Fsp3) is 0.625. The Morgan fingerprint density at radius 3 is 2.70 bits per heavy atom. The first-order valence-corrected chi connectivity index (χ1v) is 7.99. The topological polar surface area (TPSA) is 80.4 Å². The van der Waals surface area contributed by atoms with Gasteiger partial charge in [0.1, 0.15) is 11.4 Å². The molecule has 0 radical (unpaired) electrons. The van der Waals surface area contributed by atoms with Gasteiger partial charge in [0.15, 0.2) is 0 Å². The minimum absolute atomic E-state index is 0.288. The predicted octanol–water partition coefficient (Wildman–Crippen LogP) is 1.75. The van der Waals surface area contributed by atoms with E-state index in [9.17, 15) is 4.91 Å². The number of morpholine rings is 1. The van der Waals surface area contributed by atoms with Crippen molar-refractivity contribution in [3.8, 4) is 5.75 Å². The molecule has 0 aromatic heterocycles. The second kappa shape index (κ2) is 6.72. The van der Waals surface area contributed by atoms with Crippen molar-refractivity contribution < 1.29 is 9.47 Å². The number of rotatable bonds is 5. The molecule has 3 rings (SSSR count). The highest BCUT2D eigenvalue weighted by Crippen LogP contribution is 2.43. The van der Waals surface area contributed by atoms with Crippen LogP contribution in [0.5, 0.6) is 5.75 Å². The van der Waals surface area contributed by atoms with E-state index in [1.54, 1.807) is 14.0 Å². The van der Waals surface area contributed by atoms with Crippen LogP contribution in [-0.2, 0) is 4.74 Å². The Hall–Kier alpha value is -1.86. The smallest absolute Gasteiger partial charge is 0.139 e. The lowest BCUT2D eigenvalue weighted by Crippen LogP contribution is -2.53. The molecular weight excluding hydrogens is 296 g/mol. The number of methoxy groups -OCH3 is 1. The number of anilines is 2. The fourth-order valence-corrected chi connectivity index (χ4v) is 3.37. The summed E-state index contributed by atoms with van der Waals surface area (Å²) in [5.74, 6) is 1.27. The van der Waals surface area contributed by atoms with Gasteiger partial charge in [0.25, 0.3) is 0 Å². The van der Waals surface area contributed by atoms with Crippen LogP contribution in [0.3, 0.4) is 0 Å². The zero-order chi connectivity index (χ0) is 16.4. The van der Waals surface area contributed by atoms with E-state index >= 15 is 0 Å². The average Bonchev–Trinajstić information content (AvgIpc) is 2.53. The fourth-order valence-electron chi connectivity index (χ4n) is 3.37. The van der Waals surface area contributed by atoms with Gasteiger partial charge in [-0.05, 0) is 12.1 Å². The highest BCUT2D eigenvalue weighted by atomic mass is 16.5. The lowest BCUT2D eigenvalue weighted by Gasteiger charge is -2.44. The summed E-state index contributed by atoms with van der Waals surface area (Å²) in [6.07, 6.45) is 0. The van der Waals surface area contributed by atoms with Crippen LogP contribution in [0.4, 0.5) is 17.1 Å². The first-order valence-electron chi connectivity index (χ1n) is 7.99. The van der Waals surface area contributed by atoms with Crippen molar-refractivity contribution in [1.29, 1.82) is 0 Å². The Morgan fingerprint density at radius 1 is 1.39 bits per heavy atom. The van der Waals surface area contributed by atoms with Crippen LogP contribution in [0.25, 0.3) is 0 Å². The molecule has 2 aliphatic heterocycles. The summed E-state index contributed by atoms with van der Waals surface area (Å²) in [5.41, 5.74) is 8.41. The molecule has 0 unspecified atom stereocenters. The summed E-state index contributed by atoms with van der Waals surface area (Å²) in [5, 5.41) is 3.09. The number of nitrogens with two attached hydrogens (primary N) is 1. The predicted molar refractivity (Wildman–Crippen MR) is 90.6 cm³/mol. The van der Waals surface area contributed by atoms with E-state index in [0.717, 1.165) is 51.6 Å². The standard InChI is InChI=1S/C16H24N4O3/c1-11-14(22-2)7-13(15(17)16(11)18-21)20-9-12(10-20)8-19-3-5-23-6-4-19/h7,12H,3-6,8-10,17H2,1-2H3. The minimum Gasteiger partial charge on any atom is -0.496 e. The zero-order valence-corrected chi connectivity index (χ0v) is 13.7. The van der Waals surface area contributed by atoms with Crippen molar-refractivity contribution >= 4 is 17.1 Å². The van der Waals surface area contributed by atoms with Crippen molar-refractivity contribution in [2.75, 3.05) is 63.7 Å². The van der Waals surface area contributed by atoms with Crippen LogP contribution < -0.4 is 15.4 Å². The molecule has 1 aromatic rings. The Labute approximate surface area is 136 Å². The van der Waals surface area contributed by atoms with Gasteiger partial charge >= 0.3 is 0 Å². The van der Waals surface area contributed by atoms with Gasteiger partial charge in [-0.3, -0.25) is 4.90 Å². The molecule has 7 nitrogen and oxygen atoms in total. The first-order chi connectivity index (χ1) is 11.1. The molecule has 2 N–H and O–H groups in total. The zero-order valence-electron chi connectivity index (χ0n) is 13.7. The summed E-state index contributed by atoms with van der Waals surface area (Å²) in [7, 11) is 1.59. The molecular formula is C16H24N4O3. The summed E-state index contributed by atoms with van der Waals surface area (Å²) in [6, 6.07) is 1.91. The summed E-state index contributed by atoms with van der Waals surface area (Å²) < 4.78 is 10.7. The molecule has 0 amide bonds. The third-order valence-electron chi connectivity index (χ3n) is 4.75. The average molecular weight is 320 g/mol. The van der Waals surface area contributed by atoms with E-state index in [2.05, 4.69) is 15.0 Å². The van der Waals surface area contributed by atoms with Crippen molar-refractivity contribution in [1.82, 2.24) is 4.90 Å². The molecule has 7 heteroatoms. The van der Waals surface area contributed by atoms with Crippen LogP contribution in [0.15, 0.2) is 11.2 Å². The van der Waals surface area contributed by atoms with Crippen molar-refractivity contribution in [2.45, 2.75) is 6.92 Å². The van der Waals surface area contributed by atoms with E-state index in [0.29, 0.717) is 22.9 Å². The number of nitrogens with zero attached hydrogens (tertiary/aromatic N) is 3. The van der Waals surface area contributed by atoms with Gasteiger partial charge in [-0.25, -0.2) is 0 Å². The number of nitrogen functional groups attached to an aromatic ring is 1. The summed E-state index contributed by atoms with van der Waals surface area (Å²) in [4.78, 5) is 15.7. The molecule has 1 aromatic carbocycles. The number of ether oxygens (including phenoxy) is 2. The number of hydrogen-bond acceptors (Lipinski definition) is 7. The number of hydrogen-bond donors (Lipinski definition) is 1. The Balaban J connectivity index is 1.68. The van der Waals surface area contributed by atoms with Gasteiger partial charge in [0.05, 0.1) is 31.7 Å². The Bertz CT molecular complexity index is 581. The second-order valence-corrected chi connectivity index (χ2v) is 6.26. The van der Waals surface area contributed by atoms with Crippen LogP contribution >= 0.6 is 0 Å². The van der Waals surface area contributed by atoms with Crippen LogP contribution in [-0.4, -0.2) is 57.9 Å². The molecule has 2 fully saturated rings. The molecule has 0 aliphatic carbocycles. The maximum absolute atomic E-state index is 11.1. The number of nitroso groups, excluding NO2 is 1.